The normalized spacial score (nSPS) is 22.0. The summed E-state index contributed by atoms with van der Waals surface area (Å²) in [5.41, 5.74) is -4.85. The van der Waals surface area contributed by atoms with E-state index in [1.54, 1.807) is 0 Å². The van der Waals surface area contributed by atoms with Crippen LogP contribution in [-0.4, -0.2) is 32.0 Å². The van der Waals surface area contributed by atoms with Crippen LogP contribution in [0.25, 0.3) is 16.5 Å². The molecule has 2 aromatic carbocycles. The van der Waals surface area contributed by atoms with E-state index in [9.17, 15) is 36.6 Å². The number of rotatable bonds is 2. The van der Waals surface area contributed by atoms with Gasteiger partial charge in [0.2, 0.25) is 0 Å². The molecule has 0 amide bonds. The van der Waals surface area contributed by atoms with Crippen molar-refractivity contribution >= 4 is 22.2 Å². The molecule has 174 valence electrons. The molecule has 2 atom stereocenters. The Labute approximate surface area is 183 Å². The zero-order valence-electron chi connectivity index (χ0n) is 17.2. The first-order chi connectivity index (χ1) is 15.4. The molecule has 0 fully saturated rings. The highest BCUT2D eigenvalue weighted by atomic mass is 19.4. The van der Waals surface area contributed by atoms with Gasteiger partial charge in [0.1, 0.15) is 11.3 Å². The lowest BCUT2D eigenvalue weighted by atomic mass is 9.72. The lowest BCUT2D eigenvalue weighted by Gasteiger charge is -2.44. The van der Waals surface area contributed by atoms with E-state index in [4.69, 9.17) is 0 Å². The molecule has 0 saturated heterocycles. The van der Waals surface area contributed by atoms with Gasteiger partial charge in [-0.3, -0.25) is 0 Å². The van der Waals surface area contributed by atoms with Crippen LogP contribution in [0.5, 0.6) is 5.75 Å². The minimum absolute atomic E-state index is 0.103. The summed E-state index contributed by atoms with van der Waals surface area (Å²) < 4.78 is 85.1. The largest absolute Gasteiger partial charge is 0.504 e. The Balaban J connectivity index is 1.99. The van der Waals surface area contributed by atoms with Crippen LogP contribution in [0.3, 0.4) is 0 Å². The highest BCUT2D eigenvalue weighted by molar-refractivity contribution is 5.92. The van der Waals surface area contributed by atoms with Crippen molar-refractivity contribution in [2.75, 3.05) is 5.32 Å². The standard InChI is InChI=1S/C22H17F6N3O2/c1-3-10-7-21(33,22(26,27)28)20(11-4-5-13(23)19(32)16(10)11)31-15-6-14(24)17(25)18-12(15)8-29-9(2)30-18/h3-6,8,20,31-33H,7H2,1-2H3/b10-3-/t20-,21-/m1/s1. The summed E-state index contributed by atoms with van der Waals surface area (Å²) in [5.74, 6) is -4.54. The number of halogens is 6. The van der Waals surface area contributed by atoms with Crippen LogP contribution in [0, 0.1) is 24.4 Å². The first-order valence-corrected chi connectivity index (χ1v) is 9.73. The van der Waals surface area contributed by atoms with E-state index in [2.05, 4.69) is 15.3 Å². The first-order valence-electron chi connectivity index (χ1n) is 9.73. The molecule has 0 radical (unpaired) electrons. The van der Waals surface area contributed by atoms with Gasteiger partial charge in [0.25, 0.3) is 0 Å². The van der Waals surface area contributed by atoms with Crippen LogP contribution >= 0.6 is 0 Å². The van der Waals surface area contributed by atoms with Gasteiger partial charge >= 0.3 is 6.18 Å². The van der Waals surface area contributed by atoms with E-state index >= 15 is 0 Å². The van der Waals surface area contributed by atoms with Gasteiger partial charge in [-0.1, -0.05) is 12.1 Å². The zero-order chi connectivity index (χ0) is 24.3. The molecule has 5 nitrogen and oxygen atoms in total. The fraction of sp³-hybridized carbons (Fsp3) is 0.273. The second-order valence-corrected chi connectivity index (χ2v) is 7.75. The fourth-order valence-corrected chi connectivity index (χ4v) is 4.10. The molecule has 0 saturated carbocycles. The number of aliphatic hydroxyl groups is 1. The van der Waals surface area contributed by atoms with Crippen LogP contribution < -0.4 is 5.32 Å². The highest BCUT2D eigenvalue weighted by Crippen LogP contribution is 2.54. The maximum Gasteiger partial charge on any atom is 0.419 e. The second kappa shape index (κ2) is 7.62. The van der Waals surface area contributed by atoms with Crippen molar-refractivity contribution in [2.45, 2.75) is 38.1 Å². The quantitative estimate of drug-likeness (QED) is 0.443. The molecule has 1 aliphatic carbocycles. The van der Waals surface area contributed by atoms with E-state index < -0.39 is 53.0 Å². The Morgan fingerprint density at radius 2 is 1.88 bits per heavy atom. The zero-order valence-corrected chi connectivity index (χ0v) is 17.2. The predicted octanol–water partition coefficient (Wildman–Crippen LogP) is 5.31. The molecule has 0 aliphatic heterocycles. The van der Waals surface area contributed by atoms with Gasteiger partial charge in [-0.2, -0.15) is 13.2 Å². The van der Waals surface area contributed by atoms with Gasteiger partial charge in [0.05, 0.1) is 6.04 Å². The predicted molar refractivity (Wildman–Crippen MR) is 108 cm³/mol. The minimum atomic E-state index is -5.19. The molecule has 0 spiro atoms. The molecular formula is C22H17F6N3O2. The molecule has 33 heavy (non-hydrogen) atoms. The lowest BCUT2D eigenvalue weighted by molar-refractivity contribution is -0.265. The van der Waals surface area contributed by atoms with E-state index in [0.717, 1.165) is 18.3 Å². The van der Waals surface area contributed by atoms with Gasteiger partial charge in [0.15, 0.2) is 28.8 Å². The van der Waals surface area contributed by atoms with Crippen molar-refractivity contribution < 1.29 is 36.6 Å². The number of anilines is 1. The number of aromatic nitrogens is 2. The monoisotopic (exact) mass is 469 g/mol. The van der Waals surface area contributed by atoms with Gasteiger partial charge in [-0.05, 0) is 31.1 Å². The van der Waals surface area contributed by atoms with Crippen LogP contribution in [0.4, 0.5) is 32.0 Å². The first kappa shape index (κ1) is 22.8. The Morgan fingerprint density at radius 3 is 2.52 bits per heavy atom. The average Bonchev–Trinajstić information content (AvgIpc) is 2.74. The number of aryl methyl sites for hydroxylation is 1. The van der Waals surface area contributed by atoms with E-state index in [1.165, 1.54) is 19.9 Å². The van der Waals surface area contributed by atoms with Crippen LogP contribution in [-0.2, 0) is 0 Å². The third kappa shape index (κ3) is 3.47. The summed E-state index contributed by atoms with van der Waals surface area (Å²) >= 11 is 0. The van der Waals surface area contributed by atoms with Crippen molar-refractivity contribution in [2.24, 2.45) is 0 Å². The number of fused-ring (bicyclic) bond motifs is 2. The Kier molecular flexibility index (Phi) is 5.27. The number of benzene rings is 2. The maximum absolute atomic E-state index is 14.3. The summed E-state index contributed by atoms with van der Waals surface area (Å²) in [5, 5.41) is 23.4. The molecule has 1 aliphatic rings. The number of hydrogen-bond donors (Lipinski definition) is 3. The molecule has 1 aromatic heterocycles. The Morgan fingerprint density at radius 1 is 1.18 bits per heavy atom. The topological polar surface area (TPSA) is 78.3 Å². The van der Waals surface area contributed by atoms with Gasteiger partial charge in [-0.15, -0.1) is 0 Å². The molecule has 3 N–H and O–H groups in total. The van der Waals surface area contributed by atoms with Gasteiger partial charge in [-0.25, -0.2) is 23.1 Å². The smallest absolute Gasteiger partial charge is 0.419 e. The number of phenols is 1. The minimum Gasteiger partial charge on any atom is -0.504 e. The molecule has 0 unspecified atom stereocenters. The van der Waals surface area contributed by atoms with Crippen molar-refractivity contribution in [1.82, 2.24) is 9.97 Å². The van der Waals surface area contributed by atoms with Gasteiger partial charge < -0.3 is 15.5 Å². The summed E-state index contributed by atoms with van der Waals surface area (Å²) in [4.78, 5) is 7.71. The Hall–Kier alpha value is -3.34. The molecule has 11 heteroatoms. The third-order valence-corrected chi connectivity index (χ3v) is 5.76. The van der Waals surface area contributed by atoms with Crippen LogP contribution in [0.15, 0.2) is 30.5 Å². The average molecular weight is 469 g/mol. The molecular weight excluding hydrogens is 452 g/mol. The lowest BCUT2D eigenvalue weighted by Crippen LogP contribution is -2.54. The SMILES string of the molecule is C/C=C1/C[C@](O)(C(F)(F)F)[C@H](Nc2cc(F)c(F)c3nc(C)ncc23)c2ccc(F)c(O)c21. The number of alkyl halides is 3. The Bertz CT molecular complexity index is 1310. The van der Waals surface area contributed by atoms with Crippen LogP contribution in [0.1, 0.15) is 36.3 Å². The van der Waals surface area contributed by atoms with E-state index in [0.29, 0.717) is 6.07 Å². The number of nitrogens with zero attached hydrogens (tertiary/aromatic N) is 2. The van der Waals surface area contributed by atoms with Crippen molar-refractivity contribution in [3.05, 3.63) is 64.9 Å². The second-order valence-electron chi connectivity index (χ2n) is 7.75. The number of allylic oxidation sites excluding steroid dienone is 1. The van der Waals surface area contributed by atoms with Crippen LogP contribution in [0.2, 0.25) is 0 Å². The number of aromatic hydroxyl groups is 1. The van der Waals surface area contributed by atoms with E-state index in [-0.39, 0.29) is 33.6 Å². The summed E-state index contributed by atoms with van der Waals surface area (Å²) in [6.07, 6.45) is -3.87. The summed E-state index contributed by atoms with van der Waals surface area (Å²) in [6, 6.07) is 0.358. The maximum atomic E-state index is 14.3. The van der Waals surface area contributed by atoms with Crippen molar-refractivity contribution in [1.29, 1.82) is 0 Å². The molecule has 0 bridgehead atoms. The summed E-state index contributed by atoms with van der Waals surface area (Å²) in [7, 11) is 0. The van der Waals surface area contributed by atoms with Crippen molar-refractivity contribution in [3.63, 3.8) is 0 Å². The molecule has 4 rings (SSSR count). The number of hydrogen-bond acceptors (Lipinski definition) is 5. The molecule has 3 aromatic rings. The summed E-state index contributed by atoms with van der Waals surface area (Å²) in [6.45, 7) is 2.81. The van der Waals surface area contributed by atoms with Gasteiger partial charge in [0, 0.05) is 35.3 Å². The number of phenolic OH excluding ortho intramolecular Hbond substituents is 1. The van der Waals surface area contributed by atoms with E-state index in [1.807, 2.05) is 0 Å². The fourth-order valence-electron chi connectivity index (χ4n) is 4.10. The van der Waals surface area contributed by atoms with Crippen molar-refractivity contribution in [3.8, 4) is 5.75 Å². The highest BCUT2D eigenvalue weighted by Gasteiger charge is 2.62. The third-order valence-electron chi connectivity index (χ3n) is 5.76. The molecule has 1 heterocycles. The number of nitrogens with one attached hydrogen (secondary N) is 1.